The molecule has 0 N–H and O–H groups in total. The second kappa shape index (κ2) is 8.65. The first-order chi connectivity index (χ1) is 11.5. The van der Waals surface area contributed by atoms with Crippen LogP contribution in [0.25, 0.3) is 0 Å². The van der Waals surface area contributed by atoms with Gasteiger partial charge in [0, 0.05) is 6.42 Å². The summed E-state index contributed by atoms with van der Waals surface area (Å²) in [5.74, 6) is -0.150. The van der Waals surface area contributed by atoms with Crippen LogP contribution in [0, 0.1) is 13.8 Å². The van der Waals surface area contributed by atoms with Crippen LogP contribution in [0.3, 0.4) is 0 Å². The average Bonchev–Trinajstić information content (AvgIpc) is 2.54. The van der Waals surface area contributed by atoms with Gasteiger partial charge in [-0.3, -0.25) is 4.79 Å². The second-order valence-electron chi connectivity index (χ2n) is 6.60. The molecule has 0 amide bonds. The third-order valence-electron chi connectivity index (χ3n) is 4.00. The Morgan fingerprint density at radius 3 is 1.79 bits per heavy atom. The standard InChI is InChI=1S/C21H27NO2/c1-16-7-11-18(12-8-16)21(19-13-9-17(2)10-14-19)24-20(23)6-5-15-22(3)4/h7-14,21H,5-6,15H2,1-4H3. The number of aryl methyl sites for hydroxylation is 2. The van der Waals surface area contributed by atoms with Crippen molar-refractivity contribution in [2.45, 2.75) is 32.8 Å². The van der Waals surface area contributed by atoms with E-state index in [4.69, 9.17) is 4.74 Å². The summed E-state index contributed by atoms with van der Waals surface area (Å²) in [6, 6.07) is 16.3. The molecule has 0 aliphatic carbocycles. The first-order valence-corrected chi connectivity index (χ1v) is 8.43. The predicted octanol–water partition coefficient (Wildman–Crippen LogP) is 4.28. The molecule has 2 rings (SSSR count). The fourth-order valence-corrected chi connectivity index (χ4v) is 2.54. The van der Waals surface area contributed by atoms with Crippen LogP contribution in [-0.2, 0) is 9.53 Å². The Morgan fingerprint density at radius 2 is 1.38 bits per heavy atom. The van der Waals surface area contributed by atoms with Crippen molar-refractivity contribution in [2.75, 3.05) is 20.6 Å². The van der Waals surface area contributed by atoms with Crippen molar-refractivity contribution < 1.29 is 9.53 Å². The van der Waals surface area contributed by atoms with Crippen LogP contribution in [0.15, 0.2) is 48.5 Å². The molecule has 0 heterocycles. The van der Waals surface area contributed by atoms with Gasteiger partial charge in [0.15, 0.2) is 6.10 Å². The Kier molecular flexibility index (Phi) is 6.56. The lowest BCUT2D eigenvalue weighted by Crippen LogP contribution is -2.17. The molecule has 3 nitrogen and oxygen atoms in total. The number of benzene rings is 2. The summed E-state index contributed by atoms with van der Waals surface area (Å²) in [4.78, 5) is 14.3. The number of carbonyl (C=O) groups excluding carboxylic acids is 1. The molecule has 0 spiro atoms. The van der Waals surface area contributed by atoms with Crippen LogP contribution in [0.1, 0.15) is 41.2 Å². The van der Waals surface area contributed by atoms with E-state index >= 15 is 0 Å². The summed E-state index contributed by atoms with van der Waals surface area (Å²) in [5.41, 5.74) is 4.40. The van der Waals surface area contributed by atoms with Gasteiger partial charge in [0.25, 0.3) is 0 Å². The number of hydrogen-bond acceptors (Lipinski definition) is 3. The fourth-order valence-electron chi connectivity index (χ4n) is 2.54. The molecule has 0 radical (unpaired) electrons. The minimum atomic E-state index is -0.349. The summed E-state index contributed by atoms with van der Waals surface area (Å²) in [7, 11) is 4.01. The molecule has 3 heteroatoms. The van der Waals surface area contributed by atoms with E-state index < -0.39 is 0 Å². The summed E-state index contributed by atoms with van der Waals surface area (Å²) in [6.07, 6.45) is 0.894. The molecular weight excluding hydrogens is 298 g/mol. The molecule has 0 bridgehead atoms. The monoisotopic (exact) mass is 325 g/mol. The smallest absolute Gasteiger partial charge is 0.306 e. The molecule has 0 atom stereocenters. The molecule has 0 unspecified atom stereocenters. The molecule has 2 aromatic rings. The molecule has 0 aromatic heterocycles. The summed E-state index contributed by atoms with van der Waals surface area (Å²) < 4.78 is 5.83. The Morgan fingerprint density at radius 1 is 0.917 bits per heavy atom. The quantitative estimate of drug-likeness (QED) is 0.712. The van der Waals surface area contributed by atoms with Gasteiger partial charge in [0.2, 0.25) is 0 Å². The lowest BCUT2D eigenvalue weighted by Gasteiger charge is -2.20. The molecule has 0 saturated heterocycles. The average molecular weight is 325 g/mol. The number of rotatable bonds is 7. The number of esters is 1. The van der Waals surface area contributed by atoms with Crippen molar-refractivity contribution in [3.05, 3.63) is 70.8 Å². The molecule has 0 aliphatic heterocycles. The highest BCUT2D eigenvalue weighted by molar-refractivity contribution is 5.70. The molecule has 0 fully saturated rings. The predicted molar refractivity (Wildman–Crippen MR) is 98.1 cm³/mol. The third-order valence-corrected chi connectivity index (χ3v) is 4.00. The van der Waals surface area contributed by atoms with Crippen molar-refractivity contribution in [1.29, 1.82) is 0 Å². The molecule has 0 saturated carbocycles. The van der Waals surface area contributed by atoms with Gasteiger partial charge in [-0.15, -0.1) is 0 Å². The van der Waals surface area contributed by atoms with Gasteiger partial charge < -0.3 is 9.64 Å². The maximum Gasteiger partial charge on any atom is 0.306 e. The van der Waals surface area contributed by atoms with Crippen LogP contribution in [0.4, 0.5) is 0 Å². The van der Waals surface area contributed by atoms with E-state index in [9.17, 15) is 4.79 Å². The van der Waals surface area contributed by atoms with E-state index in [1.54, 1.807) is 0 Å². The van der Waals surface area contributed by atoms with Crippen molar-refractivity contribution in [3.63, 3.8) is 0 Å². The van der Waals surface area contributed by atoms with Crippen LogP contribution in [0.5, 0.6) is 0 Å². The van der Waals surface area contributed by atoms with E-state index in [1.807, 2.05) is 38.4 Å². The SMILES string of the molecule is Cc1ccc(C(OC(=O)CCCN(C)C)c2ccc(C)cc2)cc1. The normalized spacial score (nSPS) is 11.1. The fraction of sp³-hybridized carbons (Fsp3) is 0.381. The van der Waals surface area contributed by atoms with Crippen molar-refractivity contribution in [1.82, 2.24) is 4.90 Å². The maximum atomic E-state index is 12.3. The van der Waals surface area contributed by atoms with Crippen LogP contribution in [-0.4, -0.2) is 31.5 Å². The van der Waals surface area contributed by atoms with Gasteiger partial charge in [0.05, 0.1) is 0 Å². The lowest BCUT2D eigenvalue weighted by molar-refractivity contribution is -0.147. The number of nitrogens with zero attached hydrogens (tertiary/aromatic N) is 1. The lowest BCUT2D eigenvalue weighted by atomic mass is 9.99. The van der Waals surface area contributed by atoms with Crippen molar-refractivity contribution >= 4 is 5.97 Å². The van der Waals surface area contributed by atoms with E-state index in [2.05, 4.69) is 43.0 Å². The van der Waals surface area contributed by atoms with Crippen LogP contribution >= 0.6 is 0 Å². The number of hydrogen-bond donors (Lipinski definition) is 0. The topological polar surface area (TPSA) is 29.5 Å². The summed E-state index contributed by atoms with van der Waals surface area (Å²) in [5, 5.41) is 0. The van der Waals surface area contributed by atoms with Gasteiger partial charge >= 0.3 is 5.97 Å². The highest BCUT2D eigenvalue weighted by Gasteiger charge is 2.19. The molecule has 128 valence electrons. The molecule has 2 aromatic carbocycles. The van der Waals surface area contributed by atoms with E-state index in [0.29, 0.717) is 6.42 Å². The van der Waals surface area contributed by atoms with Gasteiger partial charge in [-0.2, -0.15) is 0 Å². The van der Waals surface area contributed by atoms with E-state index in [1.165, 1.54) is 11.1 Å². The Bertz CT molecular complexity index is 599. The van der Waals surface area contributed by atoms with Crippen molar-refractivity contribution in [2.24, 2.45) is 0 Å². The zero-order valence-electron chi connectivity index (χ0n) is 15.1. The minimum absolute atomic E-state index is 0.150. The van der Waals surface area contributed by atoms with Gasteiger partial charge in [0.1, 0.15) is 0 Å². The molecular formula is C21H27NO2. The van der Waals surface area contributed by atoms with E-state index in [-0.39, 0.29) is 12.1 Å². The van der Waals surface area contributed by atoms with E-state index in [0.717, 1.165) is 24.1 Å². The maximum absolute atomic E-state index is 12.3. The van der Waals surface area contributed by atoms with Crippen LogP contribution < -0.4 is 0 Å². The Balaban J connectivity index is 2.15. The highest BCUT2D eigenvalue weighted by Crippen LogP contribution is 2.27. The highest BCUT2D eigenvalue weighted by atomic mass is 16.5. The largest absolute Gasteiger partial charge is 0.453 e. The summed E-state index contributed by atoms with van der Waals surface area (Å²) >= 11 is 0. The van der Waals surface area contributed by atoms with Crippen LogP contribution in [0.2, 0.25) is 0 Å². The molecule has 24 heavy (non-hydrogen) atoms. The van der Waals surface area contributed by atoms with Gasteiger partial charge in [-0.1, -0.05) is 59.7 Å². The number of carbonyl (C=O) groups is 1. The minimum Gasteiger partial charge on any atom is -0.453 e. The summed E-state index contributed by atoms with van der Waals surface area (Å²) in [6.45, 7) is 4.99. The zero-order valence-corrected chi connectivity index (χ0v) is 15.1. The second-order valence-corrected chi connectivity index (χ2v) is 6.60. The number of ether oxygens (including phenoxy) is 1. The zero-order chi connectivity index (χ0) is 17.5. The van der Waals surface area contributed by atoms with Crippen molar-refractivity contribution in [3.8, 4) is 0 Å². The first-order valence-electron chi connectivity index (χ1n) is 8.43. The first kappa shape index (κ1) is 18.2. The van der Waals surface area contributed by atoms with Gasteiger partial charge in [-0.05, 0) is 52.0 Å². The Labute approximate surface area is 145 Å². The van der Waals surface area contributed by atoms with Gasteiger partial charge in [-0.25, -0.2) is 0 Å². The third kappa shape index (κ3) is 5.50. The Hall–Kier alpha value is -2.13. The molecule has 0 aliphatic rings.